The van der Waals surface area contributed by atoms with Gasteiger partial charge in [0.15, 0.2) is 0 Å². The van der Waals surface area contributed by atoms with Crippen LogP contribution in [-0.2, 0) is 33.2 Å². The Morgan fingerprint density at radius 2 is 1.23 bits per heavy atom. The van der Waals surface area contributed by atoms with Crippen LogP contribution in [0.5, 0.6) is 0 Å². The molecule has 0 aliphatic rings. The van der Waals surface area contributed by atoms with Gasteiger partial charge in [-0.3, -0.25) is 0 Å². The van der Waals surface area contributed by atoms with Gasteiger partial charge < -0.3 is 43.4 Å². The molecule has 0 bridgehead atoms. The zero-order chi connectivity index (χ0) is 29.5. The van der Waals surface area contributed by atoms with Crippen molar-refractivity contribution in [2.45, 2.75) is 46.1 Å². The summed E-state index contributed by atoms with van der Waals surface area (Å²) in [6, 6.07) is 7.27. The van der Waals surface area contributed by atoms with Gasteiger partial charge >= 0.3 is 12.1 Å². The molecule has 0 heterocycles. The van der Waals surface area contributed by atoms with Crippen molar-refractivity contribution in [2.75, 3.05) is 98.1 Å². The van der Waals surface area contributed by atoms with Gasteiger partial charge in [-0.2, -0.15) is 0 Å². The third-order valence-corrected chi connectivity index (χ3v) is 5.21. The van der Waals surface area contributed by atoms with Crippen LogP contribution in [0.15, 0.2) is 24.3 Å². The molecule has 0 radical (unpaired) electrons. The molecule has 0 aromatic heterocycles. The molecule has 0 aliphatic carbocycles. The highest BCUT2D eigenvalue weighted by atomic mass is 16.6. The summed E-state index contributed by atoms with van der Waals surface area (Å²) in [5.74, 6) is -0.364. The number of nitrogens with zero attached hydrogens (tertiary/aromatic N) is 1. The number of esters is 1. The number of hydrogen-bond acceptors (Lipinski definition) is 10. The van der Waals surface area contributed by atoms with Crippen LogP contribution >= 0.6 is 0 Å². The number of ether oxygens (including phenoxy) is 7. The zero-order valence-corrected chi connectivity index (χ0v) is 25.0. The van der Waals surface area contributed by atoms with Crippen LogP contribution in [0.3, 0.4) is 0 Å². The lowest BCUT2D eigenvalue weighted by molar-refractivity contribution is -0.0164. The standard InChI is InChI=1S/C29H50N2O9/c1-6-7-12-30-26-10-8-25(9-11-26)27(32)39-24-23-38-22-21-37-20-19-36-18-17-35-16-15-34-14-13-31(5)28(33)40-29(2,3)4/h8-11,30H,6-7,12-24H2,1-5H3. The summed E-state index contributed by atoms with van der Waals surface area (Å²) >= 11 is 0. The van der Waals surface area contributed by atoms with E-state index in [0.717, 1.165) is 25.1 Å². The Bertz CT molecular complexity index is 785. The van der Waals surface area contributed by atoms with E-state index in [4.69, 9.17) is 33.2 Å². The number of hydrogen-bond donors (Lipinski definition) is 1. The van der Waals surface area contributed by atoms with Crippen LogP contribution < -0.4 is 5.32 Å². The van der Waals surface area contributed by atoms with Gasteiger partial charge in [0.2, 0.25) is 0 Å². The number of anilines is 1. The molecule has 1 aromatic carbocycles. The SMILES string of the molecule is CCCCNc1ccc(C(=O)OCCOCCOCCOCCOCCOCCN(C)C(=O)OC(C)(C)C)cc1. The topological polar surface area (TPSA) is 114 Å². The maximum absolute atomic E-state index is 12.1. The molecule has 0 unspecified atom stereocenters. The fourth-order valence-electron chi connectivity index (χ4n) is 3.02. The predicted octanol–water partition coefficient (Wildman–Crippen LogP) is 4.01. The maximum Gasteiger partial charge on any atom is 0.410 e. The van der Waals surface area contributed by atoms with Crippen molar-refractivity contribution < 1.29 is 42.7 Å². The first-order valence-electron chi connectivity index (χ1n) is 14.1. The molecule has 0 fully saturated rings. The molecule has 11 nitrogen and oxygen atoms in total. The zero-order valence-electron chi connectivity index (χ0n) is 25.0. The average Bonchev–Trinajstić information content (AvgIpc) is 2.91. The van der Waals surface area contributed by atoms with Crippen LogP contribution in [0.25, 0.3) is 0 Å². The van der Waals surface area contributed by atoms with Gasteiger partial charge in [0, 0.05) is 25.8 Å². The Labute approximate surface area is 239 Å². The van der Waals surface area contributed by atoms with Gasteiger partial charge in [-0.15, -0.1) is 0 Å². The van der Waals surface area contributed by atoms with E-state index in [0.29, 0.717) is 78.2 Å². The summed E-state index contributed by atoms with van der Waals surface area (Å²) < 4.78 is 37.8. The molecular formula is C29H50N2O9. The fourth-order valence-corrected chi connectivity index (χ4v) is 3.02. The van der Waals surface area contributed by atoms with Gasteiger partial charge in [-0.05, 0) is 51.5 Å². The third-order valence-electron chi connectivity index (χ3n) is 5.21. The minimum atomic E-state index is -0.512. The summed E-state index contributed by atoms with van der Waals surface area (Å²) in [7, 11) is 1.68. The fraction of sp³-hybridized carbons (Fsp3) is 0.724. The molecule has 1 aromatic rings. The first-order valence-corrected chi connectivity index (χ1v) is 14.1. The molecule has 1 rings (SSSR count). The van der Waals surface area contributed by atoms with E-state index >= 15 is 0 Å². The lowest BCUT2D eigenvalue weighted by Crippen LogP contribution is -2.36. The third kappa shape index (κ3) is 19.6. The largest absolute Gasteiger partial charge is 0.460 e. The molecule has 1 N–H and O–H groups in total. The van der Waals surface area contributed by atoms with Crippen molar-refractivity contribution in [1.82, 2.24) is 4.90 Å². The molecule has 0 saturated heterocycles. The van der Waals surface area contributed by atoms with Crippen LogP contribution in [0.2, 0.25) is 0 Å². The van der Waals surface area contributed by atoms with Crippen molar-refractivity contribution in [3.8, 4) is 0 Å². The average molecular weight is 571 g/mol. The number of benzene rings is 1. The highest BCUT2D eigenvalue weighted by Gasteiger charge is 2.19. The van der Waals surface area contributed by atoms with Crippen molar-refractivity contribution in [1.29, 1.82) is 0 Å². The predicted molar refractivity (Wildman–Crippen MR) is 153 cm³/mol. The Kier molecular flexibility index (Phi) is 19.8. The van der Waals surface area contributed by atoms with Crippen LogP contribution in [0, 0.1) is 0 Å². The summed E-state index contributed by atoms with van der Waals surface area (Å²) in [6.07, 6.45) is 1.87. The normalized spacial score (nSPS) is 11.3. The Morgan fingerprint density at radius 3 is 1.70 bits per heavy atom. The number of amides is 1. The first kappa shape index (κ1) is 35.6. The van der Waals surface area contributed by atoms with E-state index in [9.17, 15) is 9.59 Å². The van der Waals surface area contributed by atoms with Gasteiger partial charge in [0.25, 0.3) is 0 Å². The van der Waals surface area contributed by atoms with Gasteiger partial charge in [-0.25, -0.2) is 9.59 Å². The molecular weight excluding hydrogens is 520 g/mol. The lowest BCUT2D eigenvalue weighted by atomic mass is 10.2. The van der Waals surface area contributed by atoms with Gasteiger partial charge in [0.1, 0.15) is 12.2 Å². The van der Waals surface area contributed by atoms with Gasteiger partial charge in [0.05, 0.1) is 71.6 Å². The summed E-state index contributed by atoms with van der Waals surface area (Å²) in [4.78, 5) is 25.4. The lowest BCUT2D eigenvalue weighted by Gasteiger charge is -2.24. The molecule has 0 saturated carbocycles. The van der Waals surface area contributed by atoms with E-state index in [1.807, 2.05) is 32.9 Å². The summed E-state index contributed by atoms with van der Waals surface area (Å²) in [5.41, 5.74) is 0.998. The number of rotatable bonds is 23. The van der Waals surface area contributed by atoms with Crippen molar-refractivity contribution in [3.05, 3.63) is 29.8 Å². The molecule has 11 heteroatoms. The Balaban J connectivity index is 1.84. The van der Waals surface area contributed by atoms with Crippen LogP contribution in [0.1, 0.15) is 50.9 Å². The number of unbranched alkanes of at least 4 members (excludes halogenated alkanes) is 1. The monoisotopic (exact) mass is 570 g/mol. The maximum atomic E-state index is 12.1. The van der Waals surface area contributed by atoms with Crippen molar-refractivity contribution in [2.24, 2.45) is 0 Å². The molecule has 230 valence electrons. The van der Waals surface area contributed by atoms with E-state index in [-0.39, 0.29) is 18.7 Å². The minimum Gasteiger partial charge on any atom is -0.460 e. The number of nitrogens with one attached hydrogen (secondary N) is 1. The first-order chi connectivity index (χ1) is 19.2. The van der Waals surface area contributed by atoms with E-state index in [1.165, 1.54) is 4.90 Å². The number of likely N-dealkylation sites (N-methyl/N-ethyl adjacent to an activating group) is 1. The summed E-state index contributed by atoms with van der Waals surface area (Å²) in [5, 5.41) is 3.31. The number of carbonyl (C=O) groups is 2. The molecule has 0 atom stereocenters. The Morgan fingerprint density at radius 1 is 0.750 bits per heavy atom. The molecule has 0 aliphatic heterocycles. The van der Waals surface area contributed by atoms with E-state index in [2.05, 4.69) is 12.2 Å². The second-order valence-electron chi connectivity index (χ2n) is 9.96. The van der Waals surface area contributed by atoms with E-state index < -0.39 is 5.60 Å². The van der Waals surface area contributed by atoms with Crippen LogP contribution in [0.4, 0.5) is 10.5 Å². The van der Waals surface area contributed by atoms with Gasteiger partial charge in [-0.1, -0.05) is 13.3 Å². The van der Waals surface area contributed by atoms with E-state index in [1.54, 1.807) is 19.2 Å². The molecule has 40 heavy (non-hydrogen) atoms. The van der Waals surface area contributed by atoms with Crippen molar-refractivity contribution >= 4 is 17.7 Å². The second kappa shape index (κ2) is 22.3. The number of carbonyl (C=O) groups excluding carboxylic acids is 2. The highest BCUT2D eigenvalue weighted by molar-refractivity contribution is 5.89. The summed E-state index contributed by atoms with van der Waals surface area (Å²) in [6.45, 7) is 13.5. The second-order valence-corrected chi connectivity index (χ2v) is 9.96. The van der Waals surface area contributed by atoms with Crippen molar-refractivity contribution in [3.63, 3.8) is 0 Å². The Hall–Kier alpha value is -2.44. The molecule has 0 spiro atoms. The molecule has 1 amide bonds. The van der Waals surface area contributed by atoms with Crippen LogP contribution in [-0.4, -0.2) is 115 Å². The quantitative estimate of drug-likeness (QED) is 0.153. The smallest absolute Gasteiger partial charge is 0.410 e. The minimum absolute atomic E-state index is 0.187. The highest BCUT2D eigenvalue weighted by Crippen LogP contribution is 2.11.